The molecule has 0 spiro atoms. The number of pyridine rings is 1. The number of rotatable bonds is 4. The third-order valence-corrected chi connectivity index (χ3v) is 3.62. The van der Waals surface area contributed by atoms with Crippen LogP contribution in [-0.4, -0.2) is 15.9 Å². The molecule has 0 aliphatic carbocycles. The molecule has 0 radical (unpaired) electrons. The first-order chi connectivity index (χ1) is 10.2. The Morgan fingerprint density at radius 2 is 1.90 bits per heavy atom. The summed E-state index contributed by atoms with van der Waals surface area (Å²) in [6.45, 7) is 2.66. The molecule has 2 heterocycles. The number of nitrogens with zero attached hydrogens (tertiary/aromatic N) is 2. The van der Waals surface area contributed by atoms with E-state index in [0.29, 0.717) is 6.54 Å². The molecule has 108 valence electrons. The molecule has 0 saturated carbocycles. The molecule has 0 bridgehead atoms. The maximum atomic E-state index is 13.5. The highest BCUT2D eigenvalue weighted by atomic mass is 19.1. The van der Waals surface area contributed by atoms with E-state index in [4.69, 9.17) is 5.73 Å². The second kappa shape index (κ2) is 5.66. The van der Waals surface area contributed by atoms with Gasteiger partial charge >= 0.3 is 0 Å². The molecule has 0 amide bonds. The van der Waals surface area contributed by atoms with Crippen LogP contribution in [0, 0.1) is 12.7 Å². The lowest BCUT2D eigenvalue weighted by molar-refractivity contribution is 0.617. The Kier molecular flexibility index (Phi) is 3.71. The first-order valence-electron chi connectivity index (χ1n) is 7.12. The summed E-state index contributed by atoms with van der Waals surface area (Å²) in [7, 11) is 0. The van der Waals surface area contributed by atoms with Crippen LogP contribution >= 0.6 is 0 Å². The molecular formula is C17H18FN3. The van der Waals surface area contributed by atoms with E-state index in [9.17, 15) is 4.39 Å². The van der Waals surface area contributed by atoms with E-state index in [1.165, 1.54) is 17.8 Å². The molecular weight excluding hydrogens is 265 g/mol. The van der Waals surface area contributed by atoms with Crippen molar-refractivity contribution in [1.29, 1.82) is 0 Å². The molecule has 2 N–H and O–H groups in total. The van der Waals surface area contributed by atoms with Crippen LogP contribution < -0.4 is 5.73 Å². The SMILES string of the molecule is Cc1ccc(-c2nc3ccc(F)cn3c2CCCN)cc1. The van der Waals surface area contributed by atoms with Gasteiger partial charge in [-0.2, -0.15) is 0 Å². The Morgan fingerprint density at radius 1 is 1.14 bits per heavy atom. The monoisotopic (exact) mass is 283 g/mol. The Balaban J connectivity index is 2.18. The Hall–Kier alpha value is -2.20. The van der Waals surface area contributed by atoms with Gasteiger partial charge in [-0.1, -0.05) is 29.8 Å². The normalized spacial score (nSPS) is 11.2. The van der Waals surface area contributed by atoms with E-state index in [-0.39, 0.29) is 5.82 Å². The minimum Gasteiger partial charge on any atom is -0.330 e. The Bertz CT molecular complexity index is 760. The van der Waals surface area contributed by atoms with Crippen LogP contribution in [0.4, 0.5) is 4.39 Å². The van der Waals surface area contributed by atoms with Gasteiger partial charge in [0, 0.05) is 11.8 Å². The van der Waals surface area contributed by atoms with Gasteiger partial charge in [0.1, 0.15) is 11.5 Å². The highest BCUT2D eigenvalue weighted by Crippen LogP contribution is 2.26. The van der Waals surface area contributed by atoms with E-state index in [0.717, 1.165) is 35.4 Å². The average molecular weight is 283 g/mol. The number of nitrogens with two attached hydrogens (primary N) is 1. The molecule has 2 aromatic heterocycles. The molecule has 0 fully saturated rings. The van der Waals surface area contributed by atoms with E-state index in [1.807, 2.05) is 4.40 Å². The number of aromatic nitrogens is 2. The largest absolute Gasteiger partial charge is 0.330 e. The van der Waals surface area contributed by atoms with Crippen LogP contribution in [0.1, 0.15) is 17.7 Å². The van der Waals surface area contributed by atoms with Crippen LogP contribution in [0.15, 0.2) is 42.6 Å². The third kappa shape index (κ3) is 2.67. The van der Waals surface area contributed by atoms with Crippen molar-refractivity contribution in [2.45, 2.75) is 19.8 Å². The van der Waals surface area contributed by atoms with Gasteiger partial charge < -0.3 is 10.1 Å². The molecule has 3 aromatic rings. The van der Waals surface area contributed by atoms with Gasteiger partial charge in [0.15, 0.2) is 0 Å². The topological polar surface area (TPSA) is 43.3 Å². The molecule has 0 atom stereocenters. The third-order valence-electron chi connectivity index (χ3n) is 3.62. The molecule has 0 saturated heterocycles. The van der Waals surface area contributed by atoms with E-state index in [1.54, 1.807) is 6.07 Å². The molecule has 0 aliphatic heterocycles. The lowest BCUT2D eigenvalue weighted by atomic mass is 10.1. The van der Waals surface area contributed by atoms with Gasteiger partial charge in [0.25, 0.3) is 0 Å². The van der Waals surface area contributed by atoms with Gasteiger partial charge in [-0.25, -0.2) is 9.37 Å². The summed E-state index contributed by atoms with van der Waals surface area (Å²) in [5.74, 6) is -0.260. The van der Waals surface area contributed by atoms with Crippen LogP contribution in [0.3, 0.4) is 0 Å². The van der Waals surface area contributed by atoms with Crippen molar-refractivity contribution >= 4 is 5.65 Å². The predicted molar refractivity (Wildman–Crippen MR) is 82.7 cm³/mol. The van der Waals surface area contributed by atoms with E-state index in [2.05, 4.69) is 36.2 Å². The second-order valence-electron chi connectivity index (χ2n) is 5.24. The zero-order valence-corrected chi connectivity index (χ0v) is 12.0. The van der Waals surface area contributed by atoms with Crippen LogP contribution in [-0.2, 0) is 6.42 Å². The first kappa shape index (κ1) is 13.8. The minimum atomic E-state index is -0.260. The number of benzene rings is 1. The standard InChI is InChI=1S/C17H18FN3/c1-12-4-6-13(7-5-12)17-15(3-2-10-19)21-11-14(18)8-9-16(21)20-17/h4-9,11H,2-3,10,19H2,1H3. The van der Waals surface area contributed by atoms with Gasteiger partial charge in [-0.3, -0.25) is 0 Å². The highest BCUT2D eigenvalue weighted by molar-refractivity contribution is 5.66. The fourth-order valence-corrected chi connectivity index (χ4v) is 2.52. The maximum Gasteiger partial charge on any atom is 0.139 e. The number of halogens is 1. The molecule has 0 unspecified atom stereocenters. The van der Waals surface area contributed by atoms with Gasteiger partial charge in [-0.15, -0.1) is 0 Å². The molecule has 1 aromatic carbocycles. The predicted octanol–water partition coefficient (Wildman–Crippen LogP) is 3.34. The fraction of sp³-hybridized carbons (Fsp3) is 0.235. The number of hydrogen-bond donors (Lipinski definition) is 1. The van der Waals surface area contributed by atoms with Crippen molar-refractivity contribution in [3.8, 4) is 11.3 Å². The van der Waals surface area contributed by atoms with Crippen LogP contribution in [0.5, 0.6) is 0 Å². The zero-order valence-electron chi connectivity index (χ0n) is 12.0. The molecule has 3 rings (SSSR count). The summed E-state index contributed by atoms with van der Waals surface area (Å²) in [5.41, 5.74) is 10.6. The van der Waals surface area contributed by atoms with Crippen molar-refractivity contribution in [3.05, 3.63) is 59.7 Å². The highest BCUT2D eigenvalue weighted by Gasteiger charge is 2.14. The van der Waals surface area contributed by atoms with Crippen molar-refractivity contribution in [3.63, 3.8) is 0 Å². The van der Waals surface area contributed by atoms with Crippen molar-refractivity contribution < 1.29 is 4.39 Å². The summed E-state index contributed by atoms with van der Waals surface area (Å²) < 4.78 is 15.4. The summed E-state index contributed by atoms with van der Waals surface area (Å²) in [5, 5.41) is 0. The lowest BCUT2D eigenvalue weighted by Gasteiger charge is -2.05. The maximum absolute atomic E-state index is 13.5. The van der Waals surface area contributed by atoms with E-state index >= 15 is 0 Å². The number of imidazole rings is 1. The van der Waals surface area contributed by atoms with Gasteiger partial charge in [0.05, 0.1) is 11.4 Å². The van der Waals surface area contributed by atoms with Crippen molar-refractivity contribution in [2.75, 3.05) is 6.54 Å². The number of aryl methyl sites for hydroxylation is 2. The molecule has 3 nitrogen and oxygen atoms in total. The quantitative estimate of drug-likeness (QED) is 0.798. The Labute approximate surface area is 123 Å². The molecule has 4 heteroatoms. The van der Waals surface area contributed by atoms with Gasteiger partial charge in [0.2, 0.25) is 0 Å². The van der Waals surface area contributed by atoms with Crippen LogP contribution in [0.2, 0.25) is 0 Å². The average Bonchev–Trinajstić information content (AvgIpc) is 2.83. The number of hydrogen-bond acceptors (Lipinski definition) is 2. The summed E-state index contributed by atoms with van der Waals surface area (Å²) in [4.78, 5) is 4.66. The van der Waals surface area contributed by atoms with Gasteiger partial charge in [-0.05, 0) is 38.4 Å². The fourth-order valence-electron chi connectivity index (χ4n) is 2.52. The Morgan fingerprint density at radius 3 is 2.62 bits per heavy atom. The summed E-state index contributed by atoms with van der Waals surface area (Å²) >= 11 is 0. The smallest absolute Gasteiger partial charge is 0.139 e. The van der Waals surface area contributed by atoms with Crippen LogP contribution in [0.25, 0.3) is 16.9 Å². The first-order valence-corrected chi connectivity index (χ1v) is 7.12. The second-order valence-corrected chi connectivity index (χ2v) is 5.24. The zero-order chi connectivity index (χ0) is 14.8. The van der Waals surface area contributed by atoms with Crippen molar-refractivity contribution in [2.24, 2.45) is 5.73 Å². The summed E-state index contributed by atoms with van der Waals surface area (Å²) in [6, 6.07) is 11.4. The lowest BCUT2D eigenvalue weighted by Crippen LogP contribution is -2.03. The number of fused-ring (bicyclic) bond motifs is 1. The summed E-state index contributed by atoms with van der Waals surface area (Å²) in [6.07, 6.45) is 3.12. The molecule has 0 aliphatic rings. The minimum absolute atomic E-state index is 0.260. The molecule has 21 heavy (non-hydrogen) atoms. The van der Waals surface area contributed by atoms with Crippen molar-refractivity contribution in [1.82, 2.24) is 9.38 Å². The van der Waals surface area contributed by atoms with E-state index < -0.39 is 0 Å².